The Bertz CT molecular complexity index is 400. The molecule has 0 aromatic carbocycles. The lowest BCUT2D eigenvalue weighted by molar-refractivity contribution is 1.12. The largest absolute Gasteiger partial charge is 0.384 e. The number of nitrogen functional groups attached to an aromatic ring is 1. The number of hydrogen-bond acceptors (Lipinski definition) is 5. The Labute approximate surface area is 74.7 Å². The highest BCUT2D eigenvalue weighted by molar-refractivity contribution is 5.49. The van der Waals surface area contributed by atoms with Crippen LogP contribution in [0.2, 0.25) is 0 Å². The van der Waals surface area contributed by atoms with Crippen molar-refractivity contribution < 1.29 is 0 Å². The van der Waals surface area contributed by atoms with E-state index in [9.17, 15) is 0 Å². The highest BCUT2D eigenvalue weighted by atomic mass is 15.0. The summed E-state index contributed by atoms with van der Waals surface area (Å²) in [6.07, 6.45) is 6.36. The van der Waals surface area contributed by atoms with Crippen molar-refractivity contribution in [3.8, 4) is 11.5 Å². The Hall–Kier alpha value is -2.04. The molecule has 0 saturated heterocycles. The summed E-state index contributed by atoms with van der Waals surface area (Å²) >= 11 is 0. The van der Waals surface area contributed by atoms with Gasteiger partial charge in [-0.1, -0.05) is 0 Å². The molecule has 0 fully saturated rings. The van der Waals surface area contributed by atoms with Crippen LogP contribution in [-0.2, 0) is 0 Å². The van der Waals surface area contributed by atoms with Gasteiger partial charge in [0.15, 0.2) is 5.82 Å². The first-order valence-electron chi connectivity index (χ1n) is 3.71. The summed E-state index contributed by atoms with van der Waals surface area (Å²) in [6.45, 7) is 0. The molecule has 0 saturated carbocycles. The summed E-state index contributed by atoms with van der Waals surface area (Å²) < 4.78 is 0. The predicted octanol–water partition coefficient (Wildman–Crippen LogP) is 0.516. The first-order chi connectivity index (χ1) is 6.36. The Morgan fingerprint density at radius 2 is 2.00 bits per heavy atom. The second kappa shape index (κ2) is 3.14. The molecule has 2 heterocycles. The topological polar surface area (TPSA) is 77.6 Å². The van der Waals surface area contributed by atoms with E-state index in [0.29, 0.717) is 17.3 Å². The van der Waals surface area contributed by atoms with Crippen LogP contribution in [0.1, 0.15) is 0 Å². The number of rotatable bonds is 1. The smallest absolute Gasteiger partial charge is 0.181 e. The third-order valence-electron chi connectivity index (χ3n) is 1.47. The van der Waals surface area contributed by atoms with Crippen LogP contribution in [0.3, 0.4) is 0 Å². The van der Waals surface area contributed by atoms with Crippen molar-refractivity contribution in [2.24, 2.45) is 0 Å². The molecule has 5 heteroatoms. The highest BCUT2D eigenvalue weighted by Gasteiger charge is 2.01. The molecule has 0 aliphatic carbocycles. The summed E-state index contributed by atoms with van der Waals surface area (Å²) in [5.41, 5.74) is 6.12. The fourth-order valence-electron chi connectivity index (χ4n) is 0.911. The van der Waals surface area contributed by atoms with E-state index in [1.807, 2.05) is 0 Å². The molecular formula is C8H7N5. The molecule has 0 atom stereocenters. The van der Waals surface area contributed by atoms with Gasteiger partial charge < -0.3 is 5.73 Å². The number of nitrogens with two attached hydrogens (primary N) is 1. The summed E-state index contributed by atoms with van der Waals surface area (Å²) in [5, 5.41) is 0. The Morgan fingerprint density at radius 3 is 2.69 bits per heavy atom. The van der Waals surface area contributed by atoms with Gasteiger partial charge in [0, 0.05) is 18.6 Å². The number of nitrogens with zero attached hydrogens (tertiary/aromatic N) is 4. The molecule has 0 radical (unpaired) electrons. The normalized spacial score (nSPS) is 9.85. The standard InChI is InChI=1S/C8H7N5/c9-7-1-2-12-8(13-7)6-5-10-3-4-11-6/h1-5H,(H2,9,12,13). The Morgan fingerprint density at radius 1 is 1.08 bits per heavy atom. The molecule has 2 aromatic heterocycles. The van der Waals surface area contributed by atoms with E-state index < -0.39 is 0 Å². The van der Waals surface area contributed by atoms with Gasteiger partial charge in [-0.2, -0.15) is 0 Å². The van der Waals surface area contributed by atoms with Crippen LogP contribution in [-0.4, -0.2) is 19.9 Å². The number of anilines is 1. The van der Waals surface area contributed by atoms with Crippen molar-refractivity contribution >= 4 is 5.82 Å². The average Bonchev–Trinajstić information content (AvgIpc) is 2.19. The molecule has 2 N–H and O–H groups in total. The van der Waals surface area contributed by atoms with E-state index in [1.165, 1.54) is 0 Å². The van der Waals surface area contributed by atoms with Crippen molar-refractivity contribution in [1.29, 1.82) is 0 Å². The Kier molecular flexibility index (Phi) is 1.84. The fraction of sp³-hybridized carbons (Fsp3) is 0. The zero-order valence-corrected chi connectivity index (χ0v) is 6.75. The monoisotopic (exact) mass is 173 g/mol. The molecular weight excluding hydrogens is 166 g/mol. The van der Waals surface area contributed by atoms with Gasteiger partial charge in [0.2, 0.25) is 0 Å². The Balaban J connectivity index is 2.48. The van der Waals surface area contributed by atoms with Gasteiger partial charge >= 0.3 is 0 Å². The summed E-state index contributed by atoms with van der Waals surface area (Å²) in [7, 11) is 0. The van der Waals surface area contributed by atoms with E-state index >= 15 is 0 Å². The van der Waals surface area contributed by atoms with Crippen molar-refractivity contribution in [2.75, 3.05) is 5.73 Å². The van der Waals surface area contributed by atoms with Crippen LogP contribution in [0.4, 0.5) is 5.82 Å². The van der Waals surface area contributed by atoms with E-state index in [-0.39, 0.29) is 0 Å². The fourth-order valence-corrected chi connectivity index (χ4v) is 0.911. The van der Waals surface area contributed by atoms with E-state index in [1.54, 1.807) is 30.9 Å². The van der Waals surface area contributed by atoms with Crippen LogP contribution in [0, 0.1) is 0 Å². The minimum atomic E-state index is 0.427. The average molecular weight is 173 g/mol. The van der Waals surface area contributed by atoms with Crippen LogP contribution in [0.25, 0.3) is 11.5 Å². The molecule has 5 nitrogen and oxygen atoms in total. The summed E-state index contributed by atoms with van der Waals surface area (Å²) in [4.78, 5) is 16.0. The predicted molar refractivity (Wildman–Crippen MR) is 47.5 cm³/mol. The van der Waals surface area contributed by atoms with Crippen molar-refractivity contribution in [1.82, 2.24) is 19.9 Å². The van der Waals surface area contributed by atoms with Crippen LogP contribution in [0.5, 0.6) is 0 Å². The van der Waals surface area contributed by atoms with E-state index in [4.69, 9.17) is 5.73 Å². The molecule has 0 bridgehead atoms. The molecule has 2 aromatic rings. The van der Waals surface area contributed by atoms with Gasteiger partial charge in [-0.15, -0.1) is 0 Å². The SMILES string of the molecule is Nc1ccnc(-c2cnccn2)n1. The molecule has 2 rings (SSSR count). The van der Waals surface area contributed by atoms with E-state index in [0.717, 1.165) is 0 Å². The van der Waals surface area contributed by atoms with Gasteiger partial charge in [-0.05, 0) is 6.07 Å². The van der Waals surface area contributed by atoms with Crippen molar-refractivity contribution in [3.05, 3.63) is 30.9 Å². The molecule has 0 aliphatic rings. The maximum absolute atomic E-state index is 5.50. The van der Waals surface area contributed by atoms with Gasteiger partial charge in [-0.3, -0.25) is 4.98 Å². The van der Waals surface area contributed by atoms with Gasteiger partial charge in [-0.25, -0.2) is 15.0 Å². The lowest BCUT2D eigenvalue weighted by atomic mass is 10.4. The van der Waals surface area contributed by atoms with Gasteiger partial charge in [0.1, 0.15) is 11.5 Å². The number of hydrogen-bond donors (Lipinski definition) is 1. The maximum atomic E-state index is 5.50. The molecule has 0 amide bonds. The maximum Gasteiger partial charge on any atom is 0.181 e. The minimum Gasteiger partial charge on any atom is -0.384 e. The van der Waals surface area contributed by atoms with Gasteiger partial charge in [0.05, 0.1) is 6.20 Å². The van der Waals surface area contributed by atoms with E-state index in [2.05, 4.69) is 19.9 Å². The lowest BCUT2D eigenvalue weighted by Gasteiger charge is -1.97. The zero-order chi connectivity index (χ0) is 9.10. The van der Waals surface area contributed by atoms with Crippen molar-refractivity contribution in [3.63, 3.8) is 0 Å². The molecule has 13 heavy (non-hydrogen) atoms. The second-order valence-electron chi connectivity index (χ2n) is 2.40. The summed E-state index contributed by atoms with van der Waals surface area (Å²) in [6, 6.07) is 1.62. The van der Waals surface area contributed by atoms with Crippen LogP contribution < -0.4 is 5.73 Å². The van der Waals surface area contributed by atoms with Crippen LogP contribution >= 0.6 is 0 Å². The first-order valence-corrected chi connectivity index (χ1v) is 3.71. The number of aromatic nitrogens is 4. The molecule has 0 unspecified atom stereocenters. The third-order valence-corrected chi connectivity index (χ3v) is 1.47. The molecule has 64 valence electrons. The van der Waals surface area contributed by atoms with Crippen molar-refractivity contribution in [2.45, 2.75) is 0 Å². The quantitative estimate of drug-likeness (QED) is 0.680. The molecule has 0 aliphatic heterocycles. The third kappa shape index (κ3) is 1.58. The highest BCUT2D eigenvalue weighted by Crippen LogP contribution is 2.09. The first kappa shape index (κ1) is 7.60. The lowest BCUT2D eigenvalue weighted by Crippen LogP contribution is -1.95. The minimum absolute atomic E-state index is 0.427. The van der Waals surface area contributed by atoms with Gasteiger partial charge in [0.25, 0.3) is 0 Å². The zero-order valence-electron chi connectivity index (χ0n) is 6.75. The molecule has 0 spiro atoms. The second-order valence-corrected chi connectivity index (χ2v) is 2.40. The van der Waals surface area contributed by atoms with Crippen LogP contribution in [0.15, 0.2) is 30.9 Å². The summed E-state index contributed by atoms with van der Waals surface area (Å²) in [5.74, 6) is 0.920.